The van der Waals surface area contributed by atoms with Crippen molar-refractivity contribution in [3.8, 4) is 0 Å². The molecule has 5 nitrogen and oxygen atoms in total. The van der Waals surface area contributed by atoms with Gasteiger partial charge in [0.05, 0.1) is 19.1 Å². The zero-order valence-electron chi connectivity index (χ0n) is 12.2. The lowest BCUT2D eigenvalue weighted by Gasteiger charge is -2.25. The molecule has 1 fully saturated rings. The van der Waals surface area contributed by atoms with Crippen LogP contribution in [0, 0.1) is 0 Å². The lowest BCUT2D eigenvalue weighted by Crippen LogP contribution is -2.29. The van der Waals surface area contributed by atoms with Gasteiger partial charge in [-0.05, 0) is 54.0 Å². The molecule has 114 valence electrons. The Bertz CT molecular complexity index is 579. The summed E-state index contributed by atoms with van der Waals surface area (Å²) in [5, 5.41) is 0. The summed E-state index contributed by atoms with van der Waals surface area (Å²) in [5.74, 6) is 0. The van der Waals surface area contributed by atoms with E-state index in [1.807, 2.05) is 16.9 Å². The van der Waals surface area contributed by atoms with Crippen LogP contribution in [-0.2, 0) is 16.1 Å². The summed E-state index contributed by atoms with van der Waals surface area (Å²) in [5.41, 5.74) is 2.38. The molecule has 0 radical (unpaired) electrons. The van der Waals surface area contributed by atoms with Crippen molar-refractivity contribution in [2.75, 3.05) is 20.2 Å². The maximum atomic E-state index is 8.95. The van der Waals surface area contributed by atoms with Gasteiger partial charge in [-0.15, -0.1) is 0 Å². The molecule has 1 aliphatic rings. The highest BCUT2D eigenvalue weighted by atomic mass is 79.9. The van der Waals surface area contributed by atoms with Crippen LogP contribution in [-0.4, -0.2) is 41.0 Å². The maximum absolute atomic E-state index is 8.95. The van der Waals surface area contributed by atoms with Crippen LogP contribution in [0.15, 0.2) is 29.1 Å². The fraction of sp³-hybridized carbons (Fsp3) is 0.467. The van der Waals surface area contributed by atoms with E-state index >= 15 is 0 Å². The van der Waals surface area contributed by atoms with Gasteiger partial charge in [-0.1, -0.05) is 6.42 Å². The average Bonchev–Trinajstić information content (AvgIpc) is 2.88. The van der Waals surface area contributed by atoms with Gasteiger partial charge in [0.15, 0.2) is 0 Å². The minimum absolute atomic E-state index is 0.375. The predicted molar refractivity (Wildman–Crippen MR) is 85.1 cm³/mol. The summed E-state index contributed by atoms with van der Waals surface area (Å²) in [7, 11) is 1.31. The maximum Gasteiger partial charge on any atom is 0.292 e. The third-order valence-electron chi connectivity index (χ3n) is 3.44. The Morgan fingerprint density at radius 1 is 1.33 bits per heavy atom. The molecule has 2 aromatic rings. The molecular weight excluding hydrogens is 334 g/mol. The first-order valence-electron chi connectivity index (χ1n) is 7.04. The Morgan fingerprint density at radius 2 is 2.05 bits per heavy atom. The summed E-state index contributed by atoms with van der Waals surface area (Å²) in [6.45, 7) is 3.80. The van der Waals surface area contributed by atoms with Crippen molar-refractivity contribution in [1.82, 2.24) is 14.3 Å². The Balaban J connectivity index is 0.000000361. The average molecular weight is 354 g/mol. The Hall–Kier alpha value is -1.40. The highest BCUT2D eigenvalue weighted by molar-refractivity contribution is 9.10. The van der Waals surface area contributed by atoms with Crippen LogP contribution in [0.1, 0.15) is 25.0 Å². The molecule has 0 unspecified atom stereocenters. The van der Waals surface area contributed by atoms with Crippen LogP contribution in [0.3, 0.4) is 0 Å². The zero-order chi connectivity index (χ0) is 15.1. The van der Waals surface area contributed by atoms with E-state index in [4.69, 9.17) is 4.79 Å². The molecule has 0 aliphatic carbocycles. The monoisotopic (exact) mass is 353 g/mol. The van der Waals surface area contributed by atoms with Crippen molar-refractivity contribution in [3.05, 3.63) is 34.8 Å². The van der Waals surface area contributed by atoms with E-state index in [-0.39, 0.29) is 0 Å². The minimum atomic E-state index is 0.375. The van der Waals surface area contributed by atoms with E-state index in [1.165, 1.54) is 50.7 Å². The lowest BCUT2D eigenvalue weighted by atomic mass is 10.1. The summed E-state index contributed by atoms with van der Waals surface area (Å²) in [4.78, 5) is 16.0. The number of carbonyl (C=O) groups is 1. The van der Waals surface area contributed by atoms with Gasteiger partial charge in [0.25, 0.3) is 6.47 Å². The van der Waals surface area contributed by atoms with E-state index < -0.39 is 0 Å². The molecule has 3 heterocycles. The molecule has 0 spiro atoms. The van der Waals surface area contributed by atoms with Crippen LogP contribution in [0.2, 0.25) is 0 Å². The number of aromatic nitrogens is 2. The molecule has 0 N–H and O–H groups in total. The first kappa shape index (κ1) is 16.0. The number of piperidine rings is 1. The van der Waals surface area contributed by atoms with Crippen LogP contribution in [0.4, 0.5) is 0 Å². The number of hydrogen-bond acceptors (Lipinski definition) is 4. The van der Waals surface area contributed by atoms with Gasteiger partial charge in [-0.2, -0.15) is 0 Å². The van der Waals surface area contributed by atoms with Crippen molar-refractivity contribution >= 4 is 27.9 Å². The SMILES string of the molecule is Brc1cc2cc(CN3CCCCC3)ncn2c1.COC=O. The first-order chi connectivity index (χ1) is 10.2. The molecular formula is C15H20BrN3O2. The largest absolute Gasteiger partial charge is 0.471 e. The van der Waals surface area contributed by atoms with E-state index in [0.717, 1.165) is 11.0 Å². The van der Waals surface area contributed by atoms with Gasteiger partial charge >= 0.3 is 0 Å². The third-order valence-corrected chi connectivity index (χ3v) is 3.87. The van der Waals surface area contributed by atoms with Gasteiger partial charge in [0, 0.05) is 22.7 Å². The fourth-order valence-corrected chi connectivity index (χ4v) is 2.91. The van der Waals surface area contributed by atoms with Gasteiger partial charge in [0.2, 0.25) is 0 Å². The van der Waals surface area contributed by atoms with E-state index in [1.54, 1.807) is 0 Å². The van der Waals surface area contributed by atoms with Crippen molar-refractivity contribution in [2.45, 2.75) is 25.8 Å². The number of fused-ring (bicyclic) bond motifs is 1. The van der Waals surface area contributed by atoms with Crippen molar-refractivity contribution in [2.24, 2.45) is 0 Å². The standard InChI is InChI=1S/C13H16BrN3.C2H4O2/c14-11-6-13-7-12(15-10-17(13)8-11)9-16-4-2-1-3-5-16;1-4-2-3/h6-8,10H,1-5,9H2;2H,1H3. The molecule has 1 aliphatic heterocycles. The molecule has 0 amide bonds. The molecule has 0 aromatic carbocycles. The van der Waals surface area contributed by atoms with Crippen LogP contribution in [0.5, 0.6) is 0 Å². The second-order valence-electron chi connectivity index (χ2n) is 5.04. The molecule has 2 aromatic heterocycles. The van der Waals surface area contributed by atoms with E-state index in [0.29, 0.717) is 6.47 Å². The number of rotatable bonds is 3. The summed E-state index contributed by atoms with van der Waals surface area (Å²) >= 11 is 3.49. The number of carbonyl (C=O) groups excluding carboxylic acids is 1. The first-order valence-corrected chi connectivity index (χ1v) is 7.83. The molecule has 3 rings (SSSR count). The summed E-state index contributed by atoms with van der Waals surface area (Å²) < 4.78 is 7.01. The normalized spacial score (nSPS) is 15.3. The molecule has 21 heavy (non-hydrogen) atoms. The summed E-state index contributed by atoms with van der Waals surface area (Å²) in [6, 6.07) is 4.31. The Kier molecular flexibility index (Phi) is 6.20. The van der Waals surface area contributed by atoms with Gasteiger partial charge < -0.3 is 9.14 Å². The molecule has 1 saturated heterocycles. The van der Waals surface area contributed by atoms with Crippen molar-refractivity contribution < 1.29 is 9.53 Å². The van der Waals surface area contributed by atoms with Crippen molar-refractivity contribution in [3.63, 3.8) is 0 Å². The topological polar surface area (TPSA) is 46.8 Å². The van der Waals surface area contributed by atoms with E-state index in [2.05, 4.69) is 42.7 Å². The lowest BCUT2D eigenvalue weighted by molar-refractivity contribution is -0.126. The second-order valence-corrected chi connectivity index (χ2v) is 5.96. The highest BCUT2D eigenvalue weighted by Crippen LogP contribution is 2.17. The van der Waals surface area contributed by atoms with Crippen LogP contribution < -0.4 is 0 Å². The quantitative estimate of drug-likeness (QED) is 0.796. The predicted octanol–water partition coefficient (Wildman–Crippen LogP) is 2.87. The van der Waals surface area contributed by atoms with E-state index in [9.17, 15) is 0 Å². The minimum Gasteiger partial charge on any atom is -0.471 e. The smallest absolute Gasteiger partial charge is 0.292 e. The molecule has 0 bridgehead atoms. The number of likely N-dealkylation sites (tertiary alicyclic amines) is 1. The fourth-order valence-electron chi connectivity index (χ4n) is 2.45. The van der Waals surface area contributed by atoms with Gasteiger partial charge in [-0.3, -0.25) is 9.69 Å². The van der Waals surface area contributed by atoms with Gasteiger partial charge in [0.1, 0.15) is 0 Å². The molecule has 6 heteroatoms. The Morgan fingerprint density at radius 3 is 2.71 bits per heavy atom. The molecule has 0 saturated carbocycles. The zero-order valence-corrected chi connectivity index (χ0v) is 13.8. The number of nitrogens with zero attached hydrogens (tertiary/aromatic N) is 3. The van der Waals surface area contributed by atoms with Crippen LogP contribution >= 0.6 is 15.9 Å². The van der Waals surface area contributed by atoms with Gasteiger partial charge in [-0.25, -0.2) is 4.98 Å². The number of halogens is 1. The number of methoxy groups -OCH3 is 1. The summed E-state index contributed by atoms with van der Waals surface area (Å²) in [6.07, 6.45) is 7.98. The van der Waals surface area contributed by atoms with Crippen LogP contribution in [0.25, 0.3) is 5.52 Å². The third kappa shape index (κ3) is 4.82. The number of hydrogen-bond donors (Lipinski definition) is 0. The highest BCUT2D eigenvalue weighted by Gasteiger charge is 2.11. The molecule has 0 atom stereocenters. The second kappa shape index (κ2) is 8.14. The Labute approximate surface area is 133 Å². The number of ether oxygens (including phenoxy) is 1. The van der Waals surface area contributed by atoms with Crippen molar-refractivity contribution in [1.29, 1.82) is 0 Å².